The van der Waals surface area contributed by atoms with Crippen molar-refractivity contribution in [2.45, 2.75) is 63.1 Å². The molecule has 4 rings (SSSR count). The van der Waals surface area contributed by atoms with Crippen molar-refractivity contribution >= 4 is 15.9 Å². The molecule has 1 aliphatic carbocycles. The smallest absolute Gasteiger partial charge is 0.255 e. The van der Waals surface area contributed by atoms with E-state index in [0.29, 0.717) is 25.3 Å². The summed E-state index contributed by atoms with van der Waals surface area (Å²) < 4.78 is 32.6. The molecule has 3 fully saturated rings. The van der Waals surface area contributed by atoms with Crippen molar-refractivity contribution in [2.75, 3.05) is 26.0 Å². The van der Waals surface area contributed by atoms with Gasteiger partial charge in [0.2, 0.25) is 10.0 Å². The average Bonchev–Trinajstić information content (AvgIpc) is 3.46. The Morgan fingerprint density at radius 2 is 1.96 bits per heavy atom. The van der Waals surface area contributed by atoms with Gasteiger partial charge in [0.25, 0.3) is 5.91 Å². The summed E-state index contributed by atoms with van der Waals surface area (Å²) in [5.41, 5.74) is 1.08. The Morgan fingerprint density at radius 3 is 2.57 bits per heavy atom. The van der Waals surface area contributed by atoms with Crippen LogP contribution in [0.2, 0.25) is 0 Å². The molecule has 0 aromatic carbocycles. The Hall–Kier alpha value is -1.51. The summed E-state index contributed by atoms with van der Waals surface area (Å²) in [5.74, 6) is 0.0172. The fourth-order valence-electron chi connectivity index (χ4n) is 4.73. The molecule has 2 aliphatic heterocycles. The third-order valence-electron chi connectivity index (χ3n) is 6.32. The number of carbonyl (C=O) groups excluding carboxylic acids is 1. The maximum atomic E-state index is 12.9. The van der Waals surface area contributed by atoms with Crippen LogP contribution in [0.4, 0.5) is 0 Å². The number of nitrogens with zero attached hydrogens (tertiary/aromatic N) is 3. The third-order valence-corrected chi connectivity index (χ3v) is 7.68. The predicted octanol–water partition coefficient (Wildman–Crippen LogP) is 1.97. The lowest BCUT2D eigenvalue weighted by Crippen LogP contribution is -2.55. The molecule has 1 spiro atoms. The number of aryl methyl sites for hydroxylation is 1. The summed E-state index contributed by atoms with van der Waals surface area (Å²) in [6, 6.07) is 3.80. The number of amides is 1. The van der Waals surface area contributed by atoms with E-state index >= 15 is 0 Å². The molecule has 3 aliphatic rings. The molecule has 1 amide bonds. The van der Waals surface area contributed by atoms with Gasteiger partial charge in [-0.05, 0) is 57.6 Å². The lowest BCUT2D eigenvalue weighted by atomic mass is 9.82. The molecule has 0 bridgehead atoms. The van der Waals surface area contributed by atoms with Crippen LogP contribution >= 0.6 is 0 Å². The van der Waals surface area contributed by atoms with E-state index in [1.165, 1.54) is 6.26 Å². The van der Waals surface area contributed by atoms with E-state index in [1.54, 1.807) is 16.6 Å². The van der Waals surface area contributed by atoms with Crippen LogP contribution in [0.3, 0.4) is 0 Å². The molecule has 0 radical (unpaired) electrons. The average molecular weight is 408 g/mol. The zero-order valence-electron chi connectivity index (χ0n) is 16.6. The van der Waals surface area contributed by atoms with Crippen molar-refractivity contribution in [3.63, 3.8) is 0 Å². The number of piperidine rings is 1. The van der Waals surface area contributed by atoms with Gasteiger partial charge in [-0.2, -0.15) is 4.31 Å². The van der Waals surface area contributed by atoms with Crippen LogP contribution in [0.1, 0.15) is 54.6 Å². The van der Waals surface area contributed by atoms with Gasteiger partial charge >= 0.3 is 0 Å². The highest BCUT2D eigenvalue weighted by atomic mass is 32.2. The zero-order chi connectivity index (χ0) is 19.9. The first kappa shape index (κ1) is 19.8. The van der Waals surface area contributed by atoms with Crippen molar-refractivity contribution < 1.29 is 17.9 Å². The molecule has 1 aromatic rings. The minimum atomic E-state index is -3.22. The van der Waals surface area contributed by atoms with Crippen LogP contribution in [0.15, 0.2) is 18.3 Å². The molecular weight excluding hydrogens is 378 g/mol. The van der Waals surface area contributed by atoms with E-state index in [-0.39, 0.29) is 23.6 Å². The number of ether oxygens (including phenoxy) is 1. The topological polar surface area (TPSA) is 79.8 Å². The van der Waals surface area contributed by atoms with Crippen LogP contribution in [-0.2, 0) is 14.8 Å². The van der Waals surface area contributed by atoms with Crippen LogP contribution < -0.4 is 0 Å². The first-order chi connectivity index (χ1) is 13.3. The van der Waals surface area contributed by atoms with Crippen LogP contribution in [0, 0.1) is 6.92 Å². The molecule has 0 N–H and O–H groups in total. The lowest BCUT2D eigenvalue weighted by Gasteiger charge is -2.48. The zero-order valence-corrected chi connectivity index (χ0v) is 17.5. The Kier molecular flexibility index (Phi) is 5.22. The number of rotatable bonds is 4. The number of pyridine rings is 1. The first-order valence-corrected chi connectivity index (χ1v) is 12.0. The number of carbonyl (C=O) groups is 1. The molecular formula is C20H29N3O4S. The lowest BCUT2D eigenvalue weighted by molar-refractivity contribution is -0.123. The van der Waals surface area contributed by atoms with Gasteiger partial charge in [0.1, 0.15) is 0 Å². The maximum absolute atomic E-state index is 12.9. The summed E-state index contributed by atoms with van der Waals surface area (Å²) in [4.78, 5) is 18.9. The SMILES string of the molecule is Cc1ncccc1C(=O)N1CCC2(CC1)CC(N(C1CC1)S(C)(=O)=O)CCO2. The summed E-state index contributed by atoms with van der Waals surface area (Å²) >= 11 is 0. The predicted molar refractivity (Wildman–Crippen MR) is 106 cm³/mol. The van der Waals surface area contributed by atoms with Crippen molar-refractivity contribution in [3.8, 4) is 0 Å². The molecule has 28 heavy (non-hydrogen) atoms. The molecule has 1 unspecified atom stereocenters. The molecule has 1 saturated carbocycles. The monoisotopic (exact) mass is 407 g/mol. The van der Waals surface area contributed by atoms with Gasteiger partial charge < -0.3 is 9.64 Å². The Labute approximate surface area is 167 Å². The van der Waals surface area contributed by atoms with E-state index in [9.17, 15) is 13.2 Å². The van der Waals surface area contributed by atoms with E-state index < -0.39 is 10.0 Å². The first-order valence-electron chi connectivity index (χ1n) is 10.1. The van der Waals surface area contributed by atoms with Gasteiger partial charge in [-0.15, -0.1) is 0 Å². The summed E-state index contributed by atoms with van der Waals surface area (Å²) in [5, 5.41) is 0. The van der Waals surface area contributed by atoms with Gasteiger partial charge in [-0.3, -0.25) is 9.78 Å². The van der Waals surface area contributed by atoms with E-state index in [4.69, 9.17) is 4.74 Å². The van der Waals surface area contributed by atoms with Crippen molar-refractivity contribution in [1.29, 1.82) is 0 Å². The fourth-order valence-corrected chi connectivity index (χ4v) is 6.21. The summed E-state index contributed by atoms with van der Waals surface area (Å²) in [7, 11) is -3.22. The molecule has 8 heteroatoms. The van der Waals surface area contributed by atoms with Gasteiger partial charge in [-0.1, -0.05) is 0 Å². The summed E-state index contributed by atoms with van der Waals surface area (Å²) in [6.45, 7) is 3.69. The highest BCUT2D eigenvalue weighted by Crippen LogP contribution is 2.41. The van der Waals surface area contributed by atoms with Crippen LogP contribution in [-0.4, -0.2) is 72.2 Å². The van der Waals surface area contributed by atoms with Crippen molar-refractivity contribution in [1.82, 2.24) is 14.2 Å². The second-order valence-corrected chi connectivity index (χ2v) is 10.3. The molecule has 7 nitrogen and oxygen atoms in total. The molecule has 2 saturated heterocycles. The standard InChI is InChI=1S/C20H29N3O4S/c1-15-18(4-3-10-21-15)19(24)22-11-8-20(9-12-22)14-17(7-13-27-20)23(16-5-6-16)28(2,25)26/h3-4,10,16-17H,5-9,11-14H2,1-2H3. The number of hydrogen-bond donors (Lipinski definition) is 0. The quantitative estimate of drug-likeness (QED) is 0.762. The molecule has 154 valence electrons. The fraction of sp³-hybridized carbons (Fsp3) is 0.700. The number of sulfonamides is 1. The van der Waals surface area contributed by atoms with Crippen LogP contribution in [0.25, 0.3) is 0 Å². The second kappa shape index (κ2) is 7.39. The Balaban J connectivity index is 1.43. The maximum Gasteiger partial charge on any atom is 0.255 e. The van der Waals surface area contributed by atoms with E-state index in [1.807, 2.05) is 17.9 Å². The molecule has 1 aromatic heterocycles. The highest BCUT2D eigenvalue weighted by Gasteiger charge is 2.47. The van der Waals surface area contributed by atoms with E-state index in [0.717, 1.165) is 44.2 Å². The number of likely N-dealkylation sites (tertiary alicyclic amines) is 1. The molecule has 3 heterocycles. The second-order valence-electron chi connectivity index (χ2n) is 8.43. The van der Waals surface area contributed by atoms with Crippen LogP contribution in [0.5, 0.6) is 0 Å². The third kappa shape index (κ3) is 3.95. The Bertz CT molecular complexity index is 845. The molecule has 1 atom stereocenters. The minimum Gasteiger partial charge on any atom is -0.375 e. The number of aromatic nitrogens is 1. The number of hydrogen-bond acceptors (Lipinski definition) is 5. The van der Waals surface area contributed by atoms with Gasteiger partial charge in [0.15, 0.2) is 0 Å². The van der Waals surface area contributed by atoms with Gasteiger partial charge in [0, 0.05) is 43.7 Å². The van der Waals surface area contributed by atoms with Crippen molar-refractivity contribution in [2.24, 2.45) is 0 Å². The van der Waals surface area contributed by atoms with Gasteiger partial charge in [-0.25, -0.2) is 8.42 Å². The summed E-state index contributed by atoms with van der Waals surface area (Å²) in [6.07, 6.45) is 7.92. The highest BCUT2D eigenvalue weighted by molar-refractivity contribution is 7.88. The Morgan fingerprint density at radius 1 is 1.25 bits per heavy atom. The van der Waals surface area contributed by atoms with Gasteiger partial charge in [0.05, 0.1) is 17.4 Å². The largest absolute Gasteiger partial charge is 0.375 e. The van der Waals surface area contributed by atoms with Crippen molar-refractivity contribution in [3.05, 3.63) is 29.6 Å². The van der Waals surface area contributed by atoms with E-state index in [2.05, 4.69) is 4.98 Å². The minimum absolute atomic E-state index is 0.0130. The normalized spacial score (nSPS) is 25.2.